The van der Waals surface area contributed by atoms with Gasteiger partial charge in [-0.1, -0.05) is 0 Å². The maximum atomic E-state index is 11.2. The molecule has 0 radical (unpaired) electrons. The van der Waals surface area contributed by atoms with Crippen LogP contribution in [0.4, 0.5) is 5.82 Å². The molecule has 0 aromatic carbocycles. The predicted octanol–water partition coefficient (Wildman–Crippen LogP) is 1.55. The number of carbonyl (C=O) groups is 2. The Bertz CT molecular complexity index is 386. The third-order valence-corrected chi connectivity index (χ3v) is 1.88. The van der Waals surface area contributed by atoms with Crippen molar-refractivity contribution in [2.45, 2.75) is 20.8 Å². The summed E-state index contributed by atoms with van der Waals surface area (Å²) in [5.41, 5.74) is 1.29. The Morgan fingerprint density at radius 1 is 1.36 bits per heavy atom. The minimum Gasteiger partial charge on any atom is -0.311 e. The van der Waals surface area contributed by atoms with E-state index in [4.69, 9.17) is 0 Å². The molecule has 0 unspecified atom stereocenters. The molecule has 1 aromatic rings. The number of hydrogen-bond donors (Lipinski definition) is 1. The Kier molecular flexibility index (Phi) is 2.96. The van der Waals surface area contributed by atoms with Crippen LogP contribution in [-0.2, 0) is 4.79 Å². The zero-order valence-corrected chi connectivity index (χ0v) is 8.42. The zero-order chi connectivity index (χ0) is 10.7. The highest BCUT2D eigenvalue weighted by Crippen LogP contribution is 2.15. The molecule has 0 saturated carbocycles. The first kappa shape index (κ1) is 10.4. The minimum atomic E-state index is -0.193. The maximum Gasteiger partial charge on any atom is 0.222 e. The number of nitrogens with one attached hydrogen (secondary N) is 1. The Morgan fingerprint density at radius 3 is 2.50 bits per heavy atom. The summed E-state index contributed by atoms with van der Waals surface area (Å²) < 4.78 is 0. The lowest BCUT2D eigenvalue weighted by molar-refractivity contribution is -0.114. The van der Waals surface area contributed by atoms with Gasteiger partial charge in [-0.15, -0.1) is 0 Å². The first-order valence-corrected chi connectivity index (χ1v) is 4.26. The van der Waals surface area contributed by atoms with Crippen LogP contribution in [-0.4, -0.2) is 16.7 Å². The molecule has 1 aromatic heterocycles. The van der Waals surface area contributed by atoms with Gasteiger partial charge in [0.15, 0.2) is 5.78 Å². The molecule has 14 heavy (non-hydrogen) atoms. The second-order valence-electron chi connectivity index (χ2n) is 3.07. The van der Waals surface area contributed by atoms with Gasteiger partial charge in [-0.05, 0) is 19.9 Å². The lowest BCUT2D eigenvalue weighted by atomic mass is 10.1. The van der Waals surface area contributed by atoms with E-state index in [1.165, 1.54) is 20.0 Å². The van der Waals surface area contributed by atoms with Crippen LogP contribution in [0, 0.1) is 6.92 Å². The van der Waals surface area contributed by atoms with Gasteiger partial charge in [0, 0.05) is 24.2 Å². The lowest BCUT2D eigenvalue weighted by Crippen LogP contribution is -2.10. The van der Waals surface area contributed by atoms with Crippen molar-refractivity contribution in [1.82, 2.24) is 4.98 Å². The van der Waals surface area contributed by atoms with Crippen molar-refractivity contribution in [3.05, 3.63) is 23.4 Å². The highest BCUT2D eigenvalue weighted by atomic mass is 16.1. The van der Waals surface area contributed by atoms with E-state index in [0.717, 1.165) is 0 Å². The number of nitrogens with zero attached hydrogens (tertiary/aromatic N) is 1. The predicted molar refractivity (Wildman–Crippen MR) is 53.3 cm³/mol. The van der Waals surface area contributed by atoms with Gasteiger partial charge < -0.3 is 5.32 Å². The molecule has 0 spiro atoms. The second kappa shape index (κ2) is 4.00. The van der Waals surface area contributed by atoms with Gasteiger partial charge in [-0.2, -0.15) is 0 Å². The fourth-order valence-corrected chi connectivity index (χ4v) is 1.21. The first-order chi connectivity index (χ1) is 6.52. The van der Waals surface area contributed by atoms with E-state index in [0.29, 0.717) is 16.9 Å². The van der Waals surface area contributed by atoms with Gasteiger partial charge in [0.05, 0.1) is 0 Å². The Hall–Kier alpha value is -1.71. The molecule has 0 saturated heterocycles. The number of rotatable bonds is 2. The van der Waals surface area contributed by atoms with E-state index in [1.807, 2.05) is 0 Å². The average molecular weight is 192 g/mol. The Morgan fingerprint density at radius 2 is 2.00 bits per heavy atom. The number of Topliss-reactive ketones (excluding diaryl/α,β-unsaturated/α-hetero) is 1. The molecule has 1 rings (SSSR count). The van der Waals surface area contributed by atoms with Crippen LogP contribution in [0.15, 0.2) is 12.3 Å². The van der Waals surface area contributed by atoms with E-state index < -0.39 is 0 Å². The molecule has 0 aliphatic carbocycles. The summed E-state index contributed by atoms with van der Waals surface area (Å²) in [4.78, 5) is 26.0. The molecule has 0 atom stereocenters. The molecule has 1 heterocycles. The number of anilines is 1. The number of carbonyl (C=O) groups excluding carboxylic acids is 2. The number of ketones is 1. The van der Waals surface area contributed by atoms with E-state index in [2.05, 4.69) is 10.3 Å². The van der Waals surface area contributed by atoms with E-state index in [1.54, 1.807) is 13.0 Å². The highest BCUT2D eigenvalue weighted by molar-refractivity contribution is 5.98. The molecule has 4 heteroatoms. The van der Waals surface area contributed by atoms with Crippen LogP contribution in [0.5, 0.6) is 0 Å². The van der Waals surface area contributed by atoms with Gasteiger partial charge in [0.25, 0.3) is 0 Å². The lowest BCUT2D eigenvalue weighted by Gasteiger charge is -2.07. The van der Waals surface area contributed by atoms with E-state index in [9.17, 15) is 9.59 Å². The summed E-state index contributed by atoms with van der Waals surface area (Å²) in [5, 5.41) is 2.57. The molecule has 0 bridgehead atoms. The fraction of sp³-hybridized carbons (Fsp3) is 0.300. The standard InChI is InChI=1S/C10H12N2O2/c1-6-9(7(2)13)4-5-11-10(6)12-8(3)14/h4-5H,1-3H3,(H,11,12,14). The fourth-order valence-electron chi connectivity index (χ4n) is 1.21. The minimum absolute atomic E-state index is 0.0310. The second-order valence-corrected chi connectivity index (χ2v) is 3.07. The van der Waals surface area contributed by atoms with Gasteiger partial charge in [-0.25, -0.2) is 4.98 Å². The molecule has 0 aliphatic heterocycles. The Balaban J connectivity index is 3.13. The van der Waals surface area contributed by atoms with Crippen LogP contribution in [0.3, 0.4) is 0 Å². The molecular weight excluding hydrogens is 180 g/mol. The molecule has 0 aliphatic rings. The maximum absolute atomic E-state index is 11.2. The molecule has 74 valence electrons. The van der Waals surface area contributed by atoms with Crippen LogP contribution in [0.1, 0.15) is 29.8 Å². The van der Waals surface area contributed by atoms with Crippen molar-refractivity contribution >= 4 is 17.5 Å². The summed E-state index contributed by atoms with van der Waals surface area (Å²) in [6, 6.07) is 1.64. The summed E-state index contributed by atoms with van der Waals surface area (Å²) in [5.74, 6) is 0.225. The third-order valence-electron chi connectivity index (χ3n) is 1.88. The third kappa shape index (κ3) is 2.16. The summed E-state index contributed by atoms with van der Waals surface area (Å²) >= 11 is 0. The molecule has 0 fully saturated rings. The van der Waals surface area contributed by atoms with Crippen molar-refractivity contribution in [3.8, 4) is 0 Å². The number of aromatic nitrogens is 1. The normalized spacial score (nSPS) is 9.64. The van der Waals surface area contributed by atoms with Gasteiger partial charge >= 0.3 is 0 Å². The quantitative estimate of drug-likeness (QED) is 0.723. The SMILES string of the molecule is CC(=O)Nc1nccc(C(C)=O)c1C. The monoisotopic (exact) mass is 192 g/mol. The average Bonchev–Trinajstić information content (AvgIpc) is 2.07. The van der Waals surface area contributed by atoms with Crippen molar-refractivity contribution in [2.24, 2.45) is 0 Å². The summed E-state index contributed by atoms with van der Waals surface area (Å²) in [7, 11) is 0. The molecule has 1 amide bonds. The summed E-state index contributed by atoms with van der Waals surface area (Å²) in [6.45, 7) is 4.65. The molecule has 1 N–H and O–H groups in total. The molecular formula is C10H12N2O2. The van der Waals surface area contributed by atoms with Crippen LogP contribution in [0.25, 0.3) is 0 Å². The van der Waals surface area contributed by atoms with Crippen LogP contribution >= 0.6 is 0 Å². The van der Waals surface area contributed by atoms with Gasteiger partial charge in [-0.3, -0.25) is 9.59 Å². The smallest absolute Gasteiger partial charge is 0.222 e. The number of hydrogen-bond acceptors (Lipinski definition) is 3. The van der Waals surface area contributed by atoms with Gasteiger partial charge in [0.2, 0.25) is 5.91 Å². The number of pyridine rings is 1. The largest absolute Gasteiger partial charge is 0.311 e. The Labute approximate surface area is 82.3 Å². The summed E-state index contributed by atoms with van der Waals surface area (Å²) in [6.07, 6.45) is 1.51. The topological polar surface area (TPSA) is 59.1 Å². The first-order valence-electron chi connectivity index (χ1n) is 4.26. The van der Waals surface area contributed by atoms with Crippen LogP contribution in [0.2, 0.25) is 0 Å². The van der Waals surface area contributed by atoms with Crippen LogP contribution < -0.4 is 5.32 Å². The van der Waals surface area contributed by atoms with Gasteiger partial charge in [0.1, 0.15) is 5.82 Å². The zero-order valence-electron chi connectivity index (χ0n) is 8.42. The van der Waals surface area contributed by atoms with Crippen molar-refractivity contribution in [3.63, 3.8) is 0 Å². The van der Waals surface area contributed by atoms with Crippen molar-refractivity contribution in [2.75, 3.05) is 5.32 Å². The van der Waals surface area contributed by atoms with E-state index >= 15 is 0 Å². The highest BCUT2D eigenvalue weighted by Gasteiger charge is 2.09. The molecule has 4 nitrogen and oxygen atoms in total. The van der Waals surface area contributed by atoms with Crippen molar-refractivity contribution < 1.29 is 9.59 Å². The van der Waals surface area contributed by atoms with E-state index in [-0.39, 0.29) is 11.7 Å². The number of amides is 1. The van der Waals surface area contributed by atoms with Crippen molar-refractivity contribution in [1.29, 1.82) is 0 Å².